The normalized spacial score (nSPS) is 21.1. The Morgan fingerprint density at radius 3 is 2.52 bits per heavy atom. The van der Waals surface area contributed by atoms with Gasteiger partial charge in [-0.3, -0.25) is 9.69 Å². The Morgan fingerprint density at radius 1 is 1.08 bits per heavy atom. The second-order valence-corrected chi connectivity index (χ2v) is 29.5. The number of benzene rings is 1. The molecule has 2 saturated heterocycles. The van der Waals surface area contributed by atoms with E-state index in [1.807, 2.05) is 48.0 Å². The van der Waals surface area contributed by atoms with Crippen molar-refractivity contribution in [2.45, 2.75) is 65.4 Å². The third-order valence-electron chi connectivity index (χ3n) is 9.54. The van der Waals surface area contributed by atoms with Crippen molar-refractivity contribution < 1.29 is 36.3 Å². The molecule has 0 radical (unpaired) electrons. The fraction of sp³-hybridized carbons (Fsp3) is 0.486. The van der Waals surface area contributed by atoms with Gasteiger partial charge in [0.15, 0.2) is 5.76 Å². The van der Waals surface area contributed by atoms with Crippen molar-refractivity contribution in [3.05, 3.63) is 65.6 Å². The summed E-state index contributed by atoms with van der Waals surface area (Å²) in [7, 11) is 0. The molecule has 15 heteroatoms. The quantitative estimate of drug-likeness (QED) is 0.158. The number of esters is 1. The van der Waals surface area contributed by atoms with E-state index in [0.29, 0.717) is 48.4 Å². The molecule has 2 aliphatic rings. The van der Waals surface area contributed by atoms with Crippen molar-refractivity contribution in [3.63, 3.8) is 0 Å². The van der Waals surface area contributed by atoms with Crippen LogP contribution in [0.1, 0.15) is 31.9 Å². The molecule has 0 saturated carbocycles. The van der Waals surface area contributed by atoms with Crippen molar-refractivity contribution in [2.24, 2.45) is 5.92 Å². The zero-order chi connectivity index (χ0) is 36.0. The molecule has 5 heterocycles. The second-order valence-electron chi connectivity index (χ2n) is 14.6. The van der Waals surface area contributed by atoms with Gasteiger partial charge in [0, 0.05) is 10.6 Å². The van der Waals surface area contributed by atoms with Gasteiger partial charge in [-0.25, -0.2) is 4.98 Å². The van der Waals surface area contributed by atoms with Gasteiger partial charge in [-0.15, -0.1) is 0 Å². The minimum atomic E-state index is -4.57. The van der Waals surface area contributed by atoms with E-state index >= 15 is 0 Å². The summed E-state index contributed by atoms with van der Waals surface area (Å²) >= 11 is 3.51. The first-order valence-corrected chi connectivity index (χ1v) is 27.0. The number of nitrogens with zero attached hydrogens (tertiary/aromatic N) is 4. The molecule has 0 unspecified atom stereocenters. The number of oxazole rings is 1. The van der Waals surface area contributed by atoms with E-state index < -0.39 is 60.6 Å². The van der Waals surface area contributed by atoms with Crippen LogP contribution < -0.4 is 8.90 Å². The molecule has 0 spiro atoms. The van der Waals surface area contributed by atoms with Gasteiger partial charge < -0.3 is 9.73 Å². The van der Waals surface area contributed by atoms with Crippen LogP contribution in [0.4, 0.5) is 13.2 Å². The van der Waals surface area contributed by atoms with Crippen LogP contribution in [0.15, 0.2) is 57.8 Å². The van der Waals surface area contributed by atoms with Gasteiger partial charge >= 0.3 is 171 Å². The minimum Gasteiger partial charge on any atom is -0.346 e. The number of piperazine rings is 1. The maximum absolute atomic E-state index is 13.4. The summed E-state index contributed by atoms with van der Waals surface area (Å²) in [5, 5.41) is 3.56. The van der Waals surface area contributed by atoms with Gasteiger partial charge in [-0.2, -0.15) is 13.2 Å². The van der Waals surface area contributed by atoms with E-state index in [2.05, 4.69) is 30.1 Å². The number of furan rings is 1. The fourth-order valence-corrected chi connectivity index (χ4v) is 10.6. The molecule has 2 fully saturated rings. The summed E-state index contributed by atoms with van der Waals surface area (Å²) in [5.41, 5.74) is 0.820. The molecule has 268 valence electrons. The number of nitrogens with one attached hydrogen (secondary N) is 1. The average molecular weight is 823 g/mol. The summed E-state index contributed by atoms with van der Waals surface area (Å²) in [6.07, 6.45) is 0.916. The smallest absolute Gasteiger partial charge is 0.346 e. The second kappa shape index (κ2) is 14.1. The van der Waals surface area contributed by atoms with Crippen molar-refractivity contribution in [1.29, 1.82) is 0 Å². The summed E-state index contributed by atoms with van der Waals surface area (Å²) in [4.78, 5) is 46.0. The molecular weight excluding hydrogens is 782 g/mol. The van der Waals surface area contributed by atoms with Crippen molar-refractivity contribution in [2.75, 3.05) is 32.7 Å². The van der Waals surface area contributed by atoms with Gasteiger partial charge in [0.2, 0.25) is 5.89 Å². The third kappa shape index (κ3) is 8.16. The SMILES string of the molecule is CC(C)(c1ncc(-c2ccc(Cl)cc2)o1)N1CCN(C[C@@H]2C[C@@H](Cc3cc4cnc[c]([Sn]([CH3])([CH3])[CH3])c4o3)C(=O)O2)[C@H](C(=O)NCC(F)(F)F)C1. The van der Waals surface area contributed by atoms with Crippen molar-refractivity contribution in [1.82, 2.24) is 25.1 Å². The number of pyridine rings is 1. The fourth-order valence-electron chi connectivity index (χ4n) is 6.70. The van der Waals surface area contributed by atoms with Crippen LogP contribution in [0.5, 0.6) is 0 Å². The number of fused-ring (bicyclic) bond motifs is 1. The topological polar surface area (TPSA) is 114 Å². The van der Waals surface area contributed by atoms with E-state index in [-0.39, 0.29) is 19.1 Å². The van der Waals surface area contributed by atoms with Gasteiger partial charge in [0.1, 0.15) is 6.54 Å². The molecule has 0 bridgehead atoms. The molecule has 1 aromatic carbocycles. The van der Waals surface area contributed by atoms with Crippen LogP contribution in [0.25, 0.3) is 22.3 Å². The number of aromatic nitrogens is 2. The number of carbonyl (C=O) groups excluding carboxylic acids is 2. The first-order valence-electron chi connectivity index (χ1n) is 16.6. The number of carbonyl (C=O) groups is 2. The molecule has 50 heavy (non-hydrogen) atoms. The van der Waals surface area contributed by atoms with Crippen molar-refractivity contribution in [3.8, 4) is 11.3 Å². The van der Waals surface area contributed by atoms with E-state index in [4.69, 9.17) is 25.2 Å². The maximum atomic E-state index is 13.4. The Kier molecular flexibility index (Phi) is 10.3. The molecule has 3 aromatic heterocycles. The number of cyclic esters (lactones) is 1. The standard InChI is InChI=1S/C32H32ClF3N5O5.3CH3.Sn/c1-31(2,30-38-15-27(46-30)19-3-5-22(33)6-4-19)41-10-9-40(25(17-41)28(42)39-18-32(34,35)36)16-24-12-20(29(43)45-24)11-23-13-21-14-37-8-7-26(21)44-23;;;;/h3-6,8,13-15,20,24-25H,9-12,16-18H2,1-2H3,(H,39,42);3*1H3;/t20-,24+,25+;;;;/m1..../s1. The first kappa shape index (κ1) is 36.6. The first-order chi connectivity index (χ1) is 23.5. The van der Waals surface area contributed by atoms with Crippen LogP contribution in [-0.4, -0.2) is 101 Å². The van der Waals surface area contributed by atoms with Gasteiger partial charge in [-0.1, -0.05) is 11.6 Å². The number of ether oxygens (including phenoxy) is 1. The molecule has 10 nitrogen and oxygen atoms in total. The van der Waals surface area contributed by atoms with Crippen LogP contribution in [0.2, 0.25) is 19.8 Å². The van der Waals surface area contributed by atoms with E-state index in [1.165, 1.54) is 3.58 Å². The van der Waals surface area contributed by atoms with E-state index in [1.54, 1.807) is 24.5 Å². The Morgan fingerprint density at radius 2 is 1.82 bits per heavy atom. The van der Waals surface area contributed by atoms with Crippen LogP contribution >= 0.6 is 11.6 Å². The Balaban J connectivity index is 1.15. The average Bonchev–Trinajstić information content (AvgIpc) is 3.78. The summed E-state index contributed by atoms with van der Waals surface area (Å²) < 4.78 is 58.8. The Hall–Kier alpha value is -3.14. The number of hydrogen-bond acceptors (Lipinski definition) is 9. The Bertz CT molecular complexity index is 1860. The molecule has 1 N–H and O–H groups in total. The number of hydrogen-bond donors (Lipinski definition) is 1. The molecule has 0 aliphatic carbocycles. The van der Waals surface area contributed by atoms with Gasteiger partial charge in [0.05, 0.1) is 11.7 Å². The number of alkyl halides is 3. The van der Waals surface area contributed by atoms with E-state index in [9.17, 15) is 22.8 Å². The van der Waals surface area contributed by atoms with Crippen LogP contribution in [-0.2, 0) is 26.3 Å². The summed E-state index contributed by atoms with van der Waals surface area (Å²) in [5.74, 6) is 0.0525. The van der Waals surface area contributed by atoms with Gasteiger partial charge in [0.25, 0.3) is 0 Å². The van der Waals surface area contributed by atoms with Crippen LogP contribution in [0.3, 0.4) is 0 Å². The molecular formula is C35H41ClF3N5O5Sn. The molecule has 3 atom stereocenters. The summed E-state index contributed by atoms with van der Waals surface area (Å²) in [6.45, 7) is 3.46. The summed E-state index contributed by atoms with van der Waals surface area (Å²) in [6, 6.07) is 8.12. The predicted octanol–water partition coefficient (Wildman–Crippen LogP) is 5.76. The predicted molar refractivity (Wildman–Crippen MR) is 185 cm³/mol. The molecule has 4 aromatic rings. The molecule has 2 aliphatic heterocycles. The monoisotopic (exact) mass is 823 g/mol. The number of amides is 1. The Labute approximate surface area is 297 Å². The molecule has 6 rings (SSSR count). The minimum absolute atomic E-state index is 0.105. The van der Waals surface area contributed by atoms with Crippen molar-refractivity contribution >= 4 is 56.4 Å². The van der Waals surface area contributed by atoms with E-state index in [0.717, 1.165) is 16.5 Å². The number of rotatable bonds is 10. The van der Waals surface area contributed by atoms with Crippen LogP contribution in [0, 0.1) is 5.92 Å². The zero-order valence-corrected chi connectivity index (χ0v) is 32.3. The third-order valence-corrected chi connectivity index (χ3v) is 15.4. The zero-order valence-electron chi connectivity index (χ0n) is 28.6. The number of halogens is 4. The molecule has 1 amide bonds. The van der Waals surface area contributed by atoms with Gasteiger partial charge in [-0.05, 0) is 38.1 Å².